The molecule has 9 heteroatoms. The monoisotopic (exact) mass is 396 g/mol. The number of aliphatic hydroxyl groups is 1. The summed E-state index contributed by atoms with van der Waals surface area (Å²) < 4.78 is 5.82. The molecule has 0 saturated carbocycles. The number of carbonyl (C=O) groups excluding carboxylic acids is 1. The Balaban J connectivity index is 0.000000568. The van der Waals surface area contributed by atoms with Gasteiger partial charge in [-0.3, -0.25) is 9.69 Å². The lowest BCUT2D eigenvalue weighted by atomic mass is 9.86. The Labute approximate surface area is 163 Å². The first kappa shape index (κ1) is 23.4. The van der Waals surface area contributed by atoms with Crippen LogP contribution >= 0.6 is 0 Å². The summed E-state index contributed by atoms with van der Waals surface area (Å²) in [4.78, 5) is 31.5. The maximum Gasteiger partial charge on any atom is 0.414 e. The van der Waals surface area contributed by atoms with Crippen molar-refractivity contribution in [2.45, 2.75) is 32.3 Å². The summed E-state index contributed by atoms with van der Waals surface area (Å²) in [6, 6.07) is 7.92. The molecule has 0 aliphatic carbocycles. The minimum atomic E-state index is -1.82. The summed E-state index contributed by atoms with van der Waals surface area (Å²) in [6.07, 6.45) is -0.612. The van der Waals surface area contributed by atoms with Crippen LogP contribution in [-0.2, 0) is 19.8 Å². The lowest BCUT2D eigenvalue weighted by molar-refractivity contribution is -0.159. The number of carbonyl (C=O) groups is 3. The minimum absolute atomic E-state index is 0.00744. The number of aliphatic carboxylic acids is 2. The Morgan fingerprint density at radius 2 is 1.82 bits per heavy atom. The fourth-order valence-corrected chi connectivity index (χ4v) is 2.60. The largest absolute Gasteiger partial charge is 0.491 e. The van der Waals surface area contributed by atoms with E-state index in [9.17, 15) is 9.90 Å². The highest BCUT2D eigenvalue weighted by Crippen LogP contribution is 2.30. The van der Waals surface area contributed by atoms with Crippen LogP contribution in [0.1, 0.15) is 26.3 Å². The Hall–Kier alpha value is -2.65. The molecule has 0 spiro atoms. The van der Waals surface area contributed by atoms with Crippen molar-refractivity contribution in [3.05, 3.63) is 29.8 Å². The fourth-order valence-electron chi connectivity index (χ4n) is 2.60. The van der Waals surface area contributed by atoms with Crippen LogP contribution in [0.2, 0.25) is 0 Å². The Morgan fingerprint density at radius 1 is 1.21 bits per heavy atom. The maximum absolute atomic E-state index is 11.3. The molecule has 9 nitrogen and oxygen atoms in total. The molecule has 1 aliphatic rings. The third kappa shape index (κ3) is 8.36. The van der Waals surface area contributed by atoms with Crippen LogP contribution in [0.15, 0.2) is 24.3 Å². The number of carboxylic acid groups (broad SMARTS) is 2. The predicted octanol–water partition coefficient (Wildman–Crippen LogP) is 0.311. The summed E-state index contributed by atoms with van der Waals surface area (Å²) >= 11 is 0. The zero-order chi connectivity index (χ0) is 21.3. The van der Waals surface area contributed by atoms with Gasteiger partial charge in [-0.2, -0.15) is 0 Å². The van der Waals surface area contributed by atoms with Gasteiger partial charge >= 0.3 is 11.9 Å². The molecule has 2 rings (SSSR count). The zero-order valence-electron chi connectivity index (χ0n) is 16.3. The third-order valence-electron chi connectivity index (χ3n) is 3.90. The number of rotatable bonds is 5. The highest BCUT2D eigenvalue weighted by atomic mass is 16.5. The second-order valence-electron chi connectivity index (χ2n) is 7.41. The van der Waals surface area contributed by atoms with E-state index in [0.717, 1.165) is 17.9 Å². The lowest BCUT2D eigenvalue weighted by Gasteiger charge is -2.28. The Kier molecular flexibility index (Phi) is 8.87. The van der Waals surface area contributed by atoms with Crippen LogP contribution in [0.5, 0.6) is 5.75 Å². The second-order valence-corrected chi connectivity index (χ2v) is 7.41. The molecule has 1 aromatic rings. The van der Waals surface area contributed by atoms with E-state index in [1.807, 2.05) is 23.1 Å². The van der Waals surface area contributed by atoms with E-state index in [4.69, 9.17) is 24.5 Å². The van der Waals surface area contributed by atoms with Gasteiger partial charge in [0.15, 0.2) is 0 Å². The summed E-state index contributed by atoms with van der Waals surface area (Å²) in [5.41, 5.74) is 1.12. The molecule has 1 aromatic carbocycles. The van der Waals surface area contributed by atoms with E-state index in [1.165, 1.54) is 0 Å². The Morgan fingerprint density at radius 3 is 2.36 bits per heavy atom. The molecular formula is C19H28N2O7. The number of carboxylic acids is 2. The summed E-state index contributed by atoms with van der Waals surface area (Å²) in [5, 5.41) is 27.7. The lowest BCUT2D eigenvalue weighted by Crippen LogP contribution is -2.50. The number of β-amino-alcohol motifs (C(OH)–C–C–N with tert-alkyl or cyclic N) is 1. The summed E-state index contributed by atoms with van der Waals surface area (Å²) in [5.74, 6) is -2.83. The fraction of sp³-hybridized carbons (Fsp3) is 0.526. The van der Waals surface area contributed by atoms with Gasteiger partial charge in [0.25, 0.3) is 0 Å². The van der Waals surface area contributed by atoms with Gasteiger partial charge in [-0.05, 0) is 17.0 Å². The number of hydrogen-bond donors (Lipinski definition) is 4. The van der Waals surface area contributed by atoms with E-state index < -0.39 is 18.0 Å². The SMILES string of the molecule is CC(C)(C)c1ccccc1OCC(O)CN1CCNC(=O)C1.O=C(O)C(=O)O. The van der Waals surface area contributed by atoms with Gasteiger partial charge < -0.3 is 25.4 Å². The molecule has 156 valence electrons. The number of nitrogens with zero attached hydrogens (tertiary/aromatic N) is 1. The van der Waals surface area contributed by atoms with E-state index >= 15 is 0 Å². The van der Waals surface area contributed by atoms with Gasteiger partial charge in [0.2, 0.25) is 5.91 Å². The topological polar surface area (TPSA) is 136 Å². The van der Waals surface area contributed by atoms with Crippen molar-refractivity contribution in [1.82, 2.24) is 10.2 Å². The van der Waals surface area contributed by atoms with Crippen LogP contribution in [-0.4, -0.2) is 77.0 Å². The molecule has 0 bridgehead atoms. The van der Waals surface area contributed by atoms with Crippen molar-refractivity contribution in [3.63, 3.8) is 0 Å². The smallest absolute Gasteiger partial charge is 0.414 e. The van der Waals surface area contributed by atoms with Gasteiger partial charge in [0.05, 0.1) is 6.54 Å². The highest BCUT2D eigenvalue weighted by Gasteiger charge is 2.21. The van der Waals surface area contributed by atoms with E-state index in [0.29, 0.717) is 19.6 Å². The van der Waals surface area contributed by atoms with Crippen LogP contribution in [0.4, 0.5) is 0 Å². The molecule has 1 fully saturated rings. The number of hydrogen-bond acceptors (Lipinski definition) is 6. The predicted molar refractivity (Wildman–Crippen MR) is 101 cm³/mol. The average Bonchev–Trinajstić information content (AvgIpc) is 2.60. The van der Waals surface area contributed by atoms with Crippen molar-refractivity contribution in [2.75, 3.05) is 32.8 Å². The van der Waals surface area contributed by atoms with Crippen molar-refractivity contribution in [1.29, 1.82) is 0 Å². The molecule has 1 atom stereocenters. The standard InChI is InChI=1S/C17H26N2O3.C2H2O4/c1-17(2,3)14-6-4-5-7-15(14)22-12-13(20)10-19-9-8-18-16(21)11-19;3-1(4)2(5)6/h4-7,13,20H,8-12H2,1-3H3,(H,18,21);(H,3,4)(H,5,6). The molecule has 28 heavy (non-hydrogen) atoms. The molecule has 0 aromatic heterocycles. The summed E-state index contributed by atoms with van der Waals surface area (Å²) in [6.45, 7) is 8.83. The van der Waals surface area contributed by atoms with Crippen molar-refractivity contribution >= 4 is 17.8 Å². The summed E-state index contributed by atoms with van der Waals surface area (Å²) in [7, 11) is 0. The molecule has 1 unspecified atom stereocenters. The highest BCUT2D eigenvalue weighted by molar-refractivity contribution is 6.27. The van der Waals surface area contributed by atoms with Gasteiger partial charge in [0.1, 0.15) is 18.5 Å². The molecule has 4 N–H and O–H groups in total. The molecule has 1 amide bonds. The number of ether oxygens (including phenoxy) is 1. The first-order valence-corrected chi connectivity index (χ1v) is 8.86. The number of para-hydroxylation sites is 1. The quantitative estimate of drug-likeness (QED) is 0.522. The van der Waals surface area contributed by atoms with Gasteiger partial charge in [0, 0.05) is 19.6 Å². The van der Waals surface area contributed by atoms with E-state index in [-0.39, 0.29) is 17.9 Å². The third-order valence-corrected chi connectivity index (χ3v) is 3.90. The van der Waals surface area contributed by atoms with E-state index in [2.05, 4.69) is 32.2 Å². The molecular weight excluding hydrogens is 368 g/mol. The van der Waals surface area contributed by atoms with Crippen LogP contribution in [0, 0.1) is 0 Å². The molecule has 0 radical (unpaired) electrons. The van der Waals surface area contributed by atoms with Gasteiger partial charge in [-0.25, -0.2) is 9.59 Å². The van der Waals surface area contributed by atoms with Gasteiger partial charge in [-0.15, -0.1) is 0 Å². The van der Waals surface area contributed by atoms with Crippen LogP contribution in [0.3, 0.4) is 0 Å². The molecule has 1 heterocycles. The number of benzene rings is 1. The van der Waals surface area contributed by atoms with Crippen molar-refractivity contribution in [2.24, 2.45) is 0 Å². The maximum atomic E-state index is 11.3. The van der Waals surface area contributed by atoms with Crippen LogP contribution < -0.4 is 10.1 Å². The number of piperazine rings is 1. The van der Waals surface area contributed by atoms with E-state index in [1.54, 1.807) is 0 Å². The normalized spacial score (nSPS) is 15.6. The average molecular weight is 396 g/mol. The second kappa shape index (κ2) is 10.6. The first-order valence-electron chi connectivity index (χ1n) is 8.86. The first-order chi connectivity index (χ1) is 13.0. The Bertz CT molecular complexity index is 673. The number of nitrogens with one attached hydrogen (secondary N) is 1. The minimum Gasteiger partial charge on any atom is -0.491 e. The number of aliphatic hydroxyl groups excluding tert-OH is 1. The zero-order valence-corrected chi connectivity index (χ0v) is 16.3. The van der Waals surface area contributed by atoms with Crippen molar-refractivity contribution in [3.8, 4) is 5.75 Å². The molecule has 1 aliphatic heterocycles. The van der Waals surface area contributed by atoms with Crippen LogP contribution in [0.25, 0.3) is 0 Å². The van der Waals surface area contributed by atoms with Gasteiger partial charge in [-0.1, -0.05) is 39.0 Å². The molecule has 1 saturated heterocycles. The van der Waals surface area contributed by atoms with Crippen molar-refractivity contribution < 1.29 is 34.4 Å². The number of amides is 1.